The predicted octanol–water partition coefficient (Wildman–Crippen LogP) is 4.45. The monoisotopic (exact) mass is 589 g/mol. The van der Waals surface area contributed by atoms with Crippen LogP contribution in [0.1, 0.15) is 86.3 Å². The number of ether oxygens (including phenoxy) is 1. The SMILES string of the molecule is CCCCCCNC(=O)[C@]1(N)CCCC[C@@]1(CC(=O)NO)NC(=O)c1ccc(OCc2cc(C)nc3ccccc23)cc1. The second-order valence-electron chi connectivity index (χ2n) is 11.5. The molecule has 1 fully saturated rings. The number of hydroxylamine groups is 1. The van der Waals surface area contributed by atoms with Gasteiger partial charge >= 0.3 is 0 Å². The molecule has 0 saturated heterocycles. The lowest BCUT2D eigenvalue weighted by molar-refractivity contribution is -0.136. The first kappa shape index (κ1) is 31.9. The van der Waals surface area contributed by atoms with Crippen LogP contribution in [0, 0.1) is 6.92 Å². The molecule has 10 nitrogen and oxygen atoms in total. The Morgan fingerprint density at radius 2 is 1.77 bits per heavy atom. The minimum atomic E-state index is -1.54. The molecule has 0 spiro atoms. The van der Waals surface area contributed by atoms with E-state index in [9.17, 15) is 19.6 Å². The van der Waals surface area contributed by atoms with Crippen molar-refractivity contribution in [3.63, 3.8) is 0 Å². The number of fused-ring (bicyclic) bond motifs is 1. The van der Waals surface area contributed by atoms with Crippen LogP contribution in [0.4, 0.5) is 0 Å². The zero-order valence-electron chi connectivity index (χ0n) is 25.1. The number of carbonyl (C=O) groups is 3. The lowest BCUT2D eigenvalue weighted by atomic mass is 9.64. The summed E-state index contributed by atoms with van der Waals surface area (Å²) in [6.45, 7) is 4.85. The van der Waals surface area contributed by atoms with Crippen LogP contribution < -0.4 is 26.6 Å². The van der Waals surface area contributed by atoms with E-state index < -0.39 is 28.8 Å². The molecular formula is C33H43N5O5. The van der Waals surface area contributed by atoms with Crippen molar-refractivity contribution in [1.29, 1.82) is 0 Å². The number of para-hydroxylation sites is 1. The number of unbranched alkanes of at least 4 members (excludes halogenated alkanes) is 3. The number of carbonyl (C=O) groups excluding carboxylic acids is 3. The molecule has 1 heterocycles. The summed E-state index contributed by atoms with van der Waals surface area (Å²) in [6, 6.07) is 16.6. The van der Waals surface area contributed by atoms with Gasteiger partial charge in [-0.3, -0.25) is 24.6 Å². The molecular weight excluding hydrogens is 546 g/mol. The third kappa shape index (κ3) is 7.50. The highest BCUT2D eigenvalue weighted by atomic mass is 16.5. The molecule has 0 unspecified atom stereocenters. The summed E-state index contributed by atoms with van der Waals surface area (Å²) < 4.78 is 6.04. The number of hydrogen-bond acceptors (Lipinski definition) is 7. The summed E-state index contributed by atoms with van der Waals surface area (Å²) in [5, 5.41) is 16.2. The number of amides is 3. The number of nitrogens with zero attached hydrogens (tertiary/aromatic N) is 1. The fourth-order valence-corrected chi connectivity index (χ4v) is 5.98. The largest absolute Gasteiger partial charge is 0.489 e. The molecule has 0 radical (unpaired) electrons. The summed E-state index contributed by atoms with van der Waals surface area (Å²) in [5.74, 6) is -1.02. The molecule has 10 heteroatoms. The van der Waals surface area contributed by atoms with E-state index in [-0.39, 0.29) is 6.42 Å². The Bertz CT molecular complexity index is 1430. The van der Waals surface area contributed by atoms with Gasteiger partial charge in [0, 0.05) is 28.8 Å². The molecule has 4 rings (SSSR count). The number of aryl methyl sites for hydroxylation is 1. The molecule has 1 aromatic heterocycles. The van der Waals surface area contributed by atoms with Gasteiger partial charge in [0.15, 0.2) is 0 Å². The topological polar surface area (TPSA) is 156 Å². The zero-order valence-corrected chi connectivity index (χ0v) is 25.1. The maximum absolute atomic E-state index is 13.6. The van der Waals surface area contributed by atoms with Gasteiger partial charge in [-0.2, -0.15) is 0 Å². The third-order valence-corrected chi connectivity index (χ3v) is 8.38. The number of aromatic nitrogens is 1. The van der Waals surface area contributed by atoms with E-state index in [1.807, 2.05) is 37.3 Å². The predicted molar refractivity (Wildman–Crippen MR) is 165 cm³/mol. The number of hydrogen-bond donors (Lipinski definition) is 5. The van der Waals surface area contributed by atoms with Crippen LogP contribution >= 0.6 is 0 Å². The van der Waals surface area contributed by atoms with Gasteiger partial charge in [0.1, 0.15) is 17.9 Å². The van der Waals surface area contributed by atoms with E-state index in [0.29, 0.717) is 50.1 Å². The van der Waals surface area contributed by atoms with Crippen molar-refractivity contribution < 1.29 is 24.3 Å². The van der Waals surface area contributed by atoms with Crippen molar-refractivity contribution in [2.45, 2.75) is 89.3 Å². The normalized spacial score (nSPS) is 19.9. The molecule has 3 aromatic rings. The van der Waals surface area contributed by atoms with Crippen LogP contribution in [0.15, 0.2) is 54.6 Å². The van der Waals surface area contributed by atoms with Crippen molar-refractivity contribution in [2.75, 3.05) is 6.54 Å². The first-order chi connectivity index (χ1) is 20.7. The Labute approximate surface area is 252 Å². The van der Waals surface area contributed by atoms with Gasteiger partial charge in [0.25, 0.3) is 5.91 Å². The third-order valence-electron chi connectivity index (χ3n) is 8.38. The summed E-state index contributed by atoms with van der Waals surface area (Å²) in [4.78, 5) is 44.1. The van der Waals surface area contributed by atoms with Gasteiger partial charge in [-0.25, -0.2) is 5.48 Å². The maximum atomic E-state index is 13.6. The van der Waals surface area contributed by atoms with Gasteiger partial charge in [-0.15, -0.1) is 0 Å². The van der Waals surface area contributed by atoms with E-state index in [4.69, 9.17) is 10.5 Å². The summed E-state index contributed by atoms with van der Waals surface area (Å²) in [5.41, 5.74) is 8.67. The summed E-state index contributed by atoms with van der Waals surface area (Å²) in [6.07, 6.45) is 5.57. The summed E-state index contributed by atoms with van der Waals surface area (Å²) >= 11 is 0. The Morgan fingerprint density at radius 1 is 1.02 bits per heavy atom. The fourth-order valence-electron chi connectivity index (χ4n) is 5.98. The Kier molecular flexibility index (Phi) is 10.7. The second-order valence-corrected chi connectivity index (χ2v) is 11.5. The van der Waals surface area contributed by atoms with Crippen molar-refractivity contribution in [1.82, 2.24) is 21.1 Å². The molecule has 230 valence electrons. The highest BCUT2D eigenvalue weighted by Gasteiger charge is 2.56. The van der Waals surface area contributed by atoms with Crippen LogP contribution in [-0.4, -0.2) is 45.5 Å². The van der Waals surface area contributed by atoms with E-state index in [2.05, 4.69) is 22.5 Å². The highest BCUT2D eigenvalue weighted by molar-refractivity contribution is 5.97. The maximum Gasteiger partial charge on any atom is 0.251 e. The van der Waals surface area contributed by atoms with E-state index in [1.165, 1.54) is 0 Å². The summed E-state index contributed by atoms with van der Waals surface area (Å²) in [7, 11) is 0. The van der Waals surface area contributed by atoms with Gasteiger partial charge < -0.3 is 21.1 Å². The number of nitrogens with two attached hydrogens (primary N) is 1. The molecule has 1 aliphatic carbocycles. The lowest BCUT2D eigenvalue weighted by Gasteiger charge is -2.50. The number of benzene rings is 2. The highest BCUT2D eigenvalue weighted by Crippen LogP contribution is 2.39. The first-order valence-electron chi connectivity index (χ1n) is 15.1. The van der Waals surface area contributed by atoms with Gasteiger partial charge in [-0.1, -0.05) is 57.2 Å². The van der Waals surface area contributed by atoms with Crippen molar-refractivity contribution in [3.05, 3.63) is 71.4 Å². The molecule has 0 bridgehead atoms. The fraction of sp³-hybridized carbons (Fsp3) is 0.455. The minimum Gasteiger partial charge on any atom is -0.489 e. The van der Waals surface area contributed by atoms with Crippen molar-refractivity contribution in [3.8, 4) is 5.75 Å². The van der Waals surface area contributed by atoms with Crippen molar-refractivity contribution in [2.24, 2.45) is 5.73 Å². The number of rotatable bonds is 13. The minimum absolute atomic E-state index is 0.294. The van der Waals surface area contributed by atoms with Crippen LogP contribution in [0.25, 0.3) is 10.9 Å². The standard InChI is InChI=1S/C33H43N5O5/c1-3-4-5-10-19-35-31(41)33(34)18-9-8-17-32(33,21-29(39)38-42)37-30(40)24-13-15-26(16-14-24)43-22-25-20-23(2)36-28-12-7-6-11-27(25)28/h6-7,11-16,20,42H,3-5,8-10,17-19,21-22,34H2,1-2H3,(H,35,41)(H,37,40)(H,38,39)/t32-,33+/m0/s1. The van der Waals surface area contributed by atoms with Gasteiger partial charge in [0.05, 0.1) is 17.5 Å². The van der Waals surface area contributed by atoms with Crippen LogP contribution in [0.5, 0.6) is 5.75 Å². The number of pyridine rings is 1. The van der Waals surface area contributed by atoms with Crippen molar-refractivity contribution >= 4 is 28.6 Å². The lowest BCUT2D eigenvalue weighted by Crippen LogP contribution is -2.76. The van der Waals surface area contributed by atoms with Gasteiger partial charge in [-0.05, 0) is 62.6 Å². The zero-order chi connectivity index (χ0) is 30.9. The van der Waals surface area contributed by atoms with Crippen LogP contribution in [0.3, 0.4) is 0 Å². The molecule has 6 N–H and O–H groups in total. The molecule has 1 saturated carbocycles. The van der Waals surface area contributed by atoms with E-state index in [0.717, 1.165) is 47.8 Å². The van der Waals surface area contributed by atoms with Crippen LogP contribution in [0.2, 0.25) is 0 Å². The second kappa shape index (κ2) is 14.4. The first-order valence-corrected chi connectivity index (χ1v) is 15.1. The number of nitrogens with one attached hydrogen (secondary N) is 3. The van der Waals surface area contributed by atoms with E-state index in [1.54, 1.807) is 29.7 Å². The molecule has 3 amide bonds. The molecule has 2 atom stereocenters. The smallest absolute Gasteiger partial charge is 0.251 e. The molecule has 0 aliphatic heterocycles. The average Bonchev–Trinajstić information content (AvgIpc) is 3.01. The molecule has 43 heavy (non-hydrogen) atoms. The Hall–Kier alpha value is -4.02. The molecule has 2 aromatic carbocycles. The van der Waals surface area contributed by atoms with Gasteiger partial charge in [0.2, 0.25) is 11.8 Å². The van der Waals surface area contributed by atoms with Crippen LogP contribution in [-0.2, 0) is 16.2 Å². The van der Waals surface area contributed by atoms with E-state index >= 15 is 0 Å². The quantitative estimate of drug-likeness (QED) is 0.112. The average molecular weight is 590 g/mol. The Morgan fingerprint density at radius 3 is 2.51 bits per heavy atom. The molecule has 1 aliphatic rings. The Balaban J connectivity index is 1.49.